The molecule has 2 N–H and O–H groups in total. The number of carbonyl (C=O) groups is 3. The number of amides is 3. The van der Waals surface area contributed by atoms with Gasteiger partial charge < -0.3 is 15.5 Å². The molecule has 170 valence electrons. The average Bonchev–Trinajstić information content (AvgIpc) is 2.82. The summed E-state index contributed by atoms with van der Waals surface area (Å²) in [4.78, 5) is 43.6. The van der Waals surface area contributed by atoms with E-state index < -0.39 is 0 Å². The Balaban J connectivity index is 1.67. The molecule has 3 aromatic rings. The van der Waals surface area contributed by atoms with Crippen LogP contribution in [-0.4, -0.2) is 29.3 Å². The second-order valence-electron chi connectivity index (χ2n) is 7.80. The molecular formula is C26H28N4O3. The zero-order valence-electron chi connectivity index (χ0n) is 18.9. The van der Waals surface area contributed by atoms with Crippen LogP contribution in [0.15, 0.2) is 72.9 Å². The first-order chi connectivity index (χ1) is 15.9. The van der Waals surface area contributed by atoms with Gasteiger partial charge in [0, 0.05) is 31.3 Å². The van der Waals surface area contributed by atoms with Crippen molar-refractivity contribution < 1.29 is 14.4 Å². The van der Waals surface area contributed by atoms with Crippen LogP contribution in [0, 0.1) is 13.8 Å². The van der Waals surface area contributed by atoms with E-state index in [9.17, 15) is 14.4 Å². The Hall–Kier alpha value is -4.00. The van der Waals surface area contributed by atoms with E-state index in [1.807, 2.05) is 62.4 Å². The Labute approximate surface area is 193 Å². The van der Waals surface area contributed by atoms with Gasteiger partial charge in [0.05, 0.1) is 0 Å². The zero-order valence-corrected chi connectivity index (χ0v) is 18.9. The number of hydrogen-bond acceptors (Lipinski definition) is 4. The molecule has 0 saturated heterocycles. The molecule has 0 bridgehead atoms. The van der Waals surface area contributed by atoms with E-state index in [2.05, 4.69) is 15.6 Å². The van der Waals surface area contributed by atoms with Gasteiger partial charge in [-0.05, 0) is 48.7 Å². The number of aromatic nitrogens is 1. The first-order valence-corrected chi connectivity index (χ1v) is 10.8. The van der Waals surface area contributed by atoms with E-state index in [0.717, 1.165) is 16.7 Å². The molecule has 7 heteroatoms. The van der Waals surface area contributed by atoms with Crippen molar-refractivity contribution in [2.24, 2.45) is 0 Å². The van der Waals surface area contributed by atoms with Crippen molar-refractivity contribution in [2.45, 2.75) is 33.2 Å². The molecule has 0 radical (unpaired) electrons. The lowest BCUT2D eigenvalue weighted by molar-refractivity contribution is -0.125. The van der Waals surface area contributed by atoms with Crippen molar-refractivity contribution in [3.63, 3.8) is 0 Å². The molecule has 0 unspecified atom stereocenters. The third-order valence-corrected chi connectivity index (χ3v) is 5.09. The predicted molar refractivity (Wildman–Crippen MR) is 129 cm³/mol. The molecule has 0 aliphatic carbocycles. The molecule has 0 aliphatic heterocycles. The summed E-state index contributed by atoms with van der Waals surface area (Å²) in [6.45, 7) is 4.07. The number of nitrogens with one attached hydrogen (secondary N) is 2. The number of hydrogen-bond donors (Lipinski definition) is 2. The highest BCUT2D eigenvalue weighted by molar-refractivity contribution is 6.01. The highest BCUT2D eigenvalue weighted by atomic mass is 16.2. The Morgan fingerprint density at radius 3 is 2.36 bits per heavy atom. The molecule has 2 aromatic carbocycles. The van der Waals surface area contributed by atoms with Crippen LogP contribution in [0.2, 0.25) is 0 Å². The molecule has 0 atom stereocenters. The average molecular weight is 445 g/mol. The Kier molecular flexibility index (Phi) is 8.30. The van der Waals surface area contributed by atoms with Crippen molar-refractivity contribution in [3.8, 4) is 0 Å². The van der Waals surface area contributed by atoms with Crippen molar-refractivity contribution >= 4 is 29.2 Å². The van der Waals surface area contributed by atoms with Crippen molar-refractivity contribution in [2.75, 3.05) is 16.8 Å². The topological polar surface area (TPSA) is 91.4 Å². The second kappa shape index (κ2) is 11.6. The second-order valence-corrected chi connectivity index (χ2v) is 7.80. The smallest absolute Gasteiger partial charge is 0.240 e. The zero-order chi connectivity index (χ0) is 23.6. The molecular weight excluding hydrogens is 416 g/mol. The van der Waals surface area contributed by atoms with Crippen molar-refractivity contribution in [3.05, 3.63) is 89.6 Å². The minimum Gasteiger partial charge on any atom is -0.350 e. The van der Waals surface area contributed by atoms with Gasteiger partial charge in [0.1, 0.15) is 12.4 Å². The van der Waals surface area contributed by atoms with E-state index in [1.165, 1.54) is 4.90 Å². The SMILES string of the molecule is Cc1ccc(C)c(N(CC(=O)NCc2ccccc2)C(=O)CCC(=O)Nc2ccccn2)c1. The molecule has 33 heavy (non-hydrogen) atoms. The quantitative estimate of drug-likeness (QED) is 0.526. The normalized spacial score (nSPS) is 10.4. The third-order valence-electron chi connectivity index (χ3n) is 5.09. The summed E-state index contributed by atoms with van der Waals surface area (Å²) in [6.07, 6.45) is 1.54. The van der Waals surface area contributed by atoms with Crippen LogP contribution in [0.5, 0.6) is 0 Å². The van der Waals surface area contributed by atoms with Crippen LogP contribution in [0.1, 0.15) is 29.5 Å². The van der Waals surface area contributed by atoms with Crippen LogP contribution in [-0.2, 0) is 20.9 Å². The van der Waals surface area contributed by atoms with E-state index in [1.54, 1.807) is 24.4 Å². The fraction of sp³-hybridized carbons (Fsp3) is 0.231. The summed E-state index contributed by atoms with van der Waals surface area (Å²) >= 11 is 0. The Bertz CT molecular complexity index is 1100. The molecule has 0 fully saturated rings. The molecule has 3 amide bonds. The minimum atomic E-state index is -0.309. The predicted octanol–water partition coefficient (Wildman–Crippen LogP) is 3.77. The third kappa shape index (κ3) is 7.28. The number of nitrogens with zero attached hydrogens (tertiary/aromatic N) is 2. The van der Waals surface area contributed by atoms with Gasteiger partial charge in [-0.25, -0.2) is 4.98 Å². The summed E-state index contributed by atoms with van der Waals surface area (Å²) in [5, 5.41) is 5.54. The van der Waals surface area contributed by atoms with Crippen molar-refractivity contribution in [1.82, 2.24) is 10.3 Å². The monoisotopic (exact) mass is 444 g/mol. The minimum absolute atomic E-state index is 0.0115. The van der Waals surface area contributed by atoms with Gasteiger partial charge in [-0.15, -0.1) is 0 Å². The molecule has 0 spiro atoms. The maximum Gasteiger partial charge on any atom is 0.240 e. The first kappa shape index (κ1) is 23.7. The lowest BCUT2D eigenvalue weighted by Crippen LogP contribution is -2.41. The first-order valence-electron chi connectivity index (χ1n) is 10.8. The number of aryl methyl sites for hydroxylation is 2. The highest BCUT2D eigenvalue weighted by Gasteiger charge is 2.22. The van der Waals surface area contributed by atoms with Crippen LogP contribution in [0.25, 0.3) is 0 Å². The van der Waals surface area contributed by atoms with Crippen LogP contribution >= 0.6 is 0 Å². The van der Waals surface area contributed by atoms with E-state index in [0.29, 0.717) is 18.1 Å². The maximum absolute atomic E-state index is 13.1. The fourth-order valence-electron chi connectivity index (χ4n) is 3.31. The molecule has 1 aromatic heterocycles. The van der Waals surface area contributed by atoms with Gasteiger partial charge in [0.15, 0.2) is 0 Å². The number of carbonyl (C=O) groups excluding carboxylic acids is 3. The lowest BCUT2D eigenvalue weighted by Gasteiger charge is -2.24. The molecule has 7 nitrogen and oxygen atoms in total. The number of pyridine rings is 1. The summed E-state index contributed by atoms with van der Waals surface area (Å²) in [7, 11) is 0. The lowest BCUT2D eigenvalue weighted by atomic mass is 10.1. The van der Waals surface area contributed by atoms with Crippen LogP contribution in [0.4, 0.5) is 11.5 Å². The summed E-state index contributed by atoms with van der Waals surface area (Å²) in [6, 6.07) is 20.5. The van der Waals surface area contributed by atoms with Gasteiger partial charge in [0.2, 0.25) is 17.7 Å². The van der Waals surface area contributed by atoms with Gasteiger partial charge in [-0.2, -0.15) is 0 Å². The Morgan fingerprint density at radius 1 is 0.879 bits per heavy atom. The Morgan fingerprint density at radius 2 is 1.64 bits per heavy atom. The molecule has 1 heterocycles. The van der Waals surface area contributed by atoms with Crippen LogP contribution < -0.4 is 15.5 Å². The summed E-state index contributed by atoms with van der Waals surface area (Å²) < 4.78 is 0. The van der Waals surface area contributed by atoms with Gasteiger partial charge in [0.25, 0.3) is 0 Å². The maximum atomic E-state index is 13.1. The van der Waals surface area contributed by atoms with Gasteiger partial charge in [-0.3, -0.25) is 14.4 Å². The fourth-order valence-corrected chi connectivity index (χ4v) is 3.31. The summed E-state index contributed by atoms with van der Waals surface area (Å²) in [5.74, 6) is -0.445. The van der Waals surface area contributed by atoms with E-state index in [-0.39, 0.29) is 37.1 Å². The molecule has 0 saturated carbocycles. The number of rotatable bonds is 9. The van der Waals surface area contributed by atoms with E-state index in [4.69, 9.17) is 0 Å². The standard InChI is InChI=1S/C26H28N4O3/c1-19-11-12-20(2)22(16-19)30(18-25(32)28-17-21-8-4-3-5-9-21)26(33)14-13-24(31)29-23-10-6-7-15-27-23/h3-12,15-16H,13-14,17-18H2,1-2H3,(H,28,32)(H,27,29,31). The molecule has 0 aliphatic rings. The van der Waals surface area contributed by atoms with Crippen LogP contribution in [0.3, 0.4) is 0 Å². The number of anilines is 2. The number of benzene rings is 2. The highest BCUT2D eigenvalue weighted by Crippen LogP contribution is 2.23. The summed E-state index contributed by atoms with van der Waals surface area (Å²) in [5.41, 5.74) is 3.50. The van der Waals surface area contributed by atoms with E-state index >= 15 is 0 Å². The van der Waals surface area contributed by atoms with Gasteiger partial charge in [-0.1, -0.05) is 48.5 Å². The van der Waals surface area contributed by atoms with Gasteiger partial charge >= 0.3 is 0 Å². The van der Waals surface area contributed by atoms with Crippen molar-refractivity contribution in [1.29, 1.82) is 0 Å². The molecule has 3 rings (SSSR count). The largest absolute Gasteiger partial charge is 0.350 e.